The van der Waals surface area contributed by atoms with Crippen molar-refractivity contribution >= 4 is 29.0 Å². The van der Waals surface area contributed by atoms with Crippen LogP contribution < -0.4 is 10.2 Å². The van der Waals surface area contributed by atoms with E-state index in [1.54, 1.807) is 6.26 Å². The van der Waals surface area contributed by atoms with Gasteiger partial charge in [0.2, 0.25) is 11.9 Å². The van der Waals surface area contributed by atoms with E-state index in [9.17, 15) is 9.35 Å². The first kappa shape index (κ1) is 19.9. The van der Waals surface area contributed by atoms with Crippen molar-refractivity contribution in [2.24, 2.45) is 5.41 Å². The maximum absolute atomic E-state index is 13.2. The number of ether oxygens (including phenoxy) is 1. The van der Waals surface area contributed by atoms with Gasteiger partial charge in [0, 0.05) is 54.3 Å². The van der Waals surface area contributed by atoms with E-state index in [0.29, 0.717) is 25.6 Å². The van der Waals surface area contributed by atoms with E-state index in [2.05, 4.69) is 10.3 Å². The molecule has 0 spiro atoms. The van der Waals surface area contributed by atoms with E-state index in [0.717, 1.165) is 43.7 Å². The van der Waals surface area contributed by atoms with Gasteiger partial charge in [0.25, 0.3) is 0 Å². The van der Waals surface area contributed by atoms with Crippen molar-refractivity contribution in [3.05, 3.63) is 11.8 Å². The number of hydrogen-bond acceptors (Lipinski definition) is 7. The zero-order valence-corrected chi connectivity index (χ0v) is 17.6. The SMILES string of the molecule is C[S+]([O-])N1CCC(Nc2ncc3c(n2)N(C2CCOC2)C(=O)C(C)(C)C3)CC1. The zero-order chi connectivity index (χ0) is 19.9. The van der Waals surface area contributed by atoms with E-state index in [4.69, 9.17) is 9.72 Å². The second-order valence-electron chi connectivity index (χ2n) is 8.57. The summed E-state index contributed by atoms with van der Waals surface area (Å²) < 4.78 is 19.1. The molecule has 1 aromatic rings. The molecule has 1 aromatic heterocycles. The topological polar surface area (TPSA) is 93.7 Å². The molecule has 0 saturated carbocycles. The molecule has 4 rings (SSSR count). The Balaban J connectivity index is 1.54. The van der Waals surface area contributed by atoms with E-state index in [1.165, 1.54) is 0 Å². The molecular formula is C19H29N5O3S. The number of amides is 1. The van der Waals surface area contributed by atoms with Crippen LogP contribution in [0, 0.1) is 5.41 Å². The molecule has 2 saturated heterocycles. The minimum Gasteiger partial charge on any atom is -0.598 e. The minimum atomic E-state index is -0.915. The van der Waals surface area contributed by atoms with Gasteiger partial charge in [-0.2, -0.15) is 4.98 Å². The van der Waals surface area contributed by atoms with Crippen molar-refractivity contribution in [3.63, 3.8) is 0 Å². The molecule has 0 radical (unpaired) electrons. The Bertz CT molecular complexity index is 730. The lowest BCUT2D eigenvalue weighted by Crippen LogP contribution is -2.52. The first-order valence-electron chi connectivity index (χ1n) is 9.97. The molecule has 8 nitrogen and oxygen atoms in total. The first-order chi connectivity index (χ1) is 13.3. The average molecular weight is 408 g/mol. The Hall–Kier alpha value is -1.42. The molecular weight excluding hydrogens is 378 g/mol. The second kappa shape index (κ2) is 7.78. The summed E-state index contributed by atoms with van der Waals surface area (Å²) in [6, 6.07) is 0.285. The predicted molar refractivity (Wildman–Crippen MR) is 109 cm³/mol. The van der Waals surface area contributed by atoms with Gasteiger partial charge in [-0.25, -0.2) is 4.98 Å². The lowest BCUT2D eigenvalue weighted by atomic mass is 9.81. The highest BCUT2D eigenvalue weighted by Crippen LogP contribution is 2.38. The van der Waals surface area contributed by atoms with Gasteiger partial charge in [0.05, 0.1) is 12.6 Å². The fraction of sp³-hybridized carbons (Fsp3) is 0.737. The second-order valence-corrected chi connectivity index (χ2v) is 9.93. The molecule has 9 heteroatoms. The molecule has 1 N–H and O–H groups in total. The van der Waals surface area contributed by atoms with Crippen LogP contribution in [-0.4, -0.2) is 69.4 Å². The van der Waals surface area contributed by atoms with Gasteiger partial charge in [-0.1, -0.05) is 13.8 Å². The molecule has 0 aliphatic carbocycles. The molecule has 2 atom stereocenters. The van der Waals surface area contributed by atoms with Gasteiger partial charge in [0.15, 0.2) is 0 Å². The largest absolute Gasteiger partial charge is 0.598 e. The number of carbonyl (C=O) groups excluding carboxylic acids is 1. The van der Waals surface area contributed by atoms with Crippen LogP contribution in [0.3, 0.4) is 0 Å². The highest BCUT2D eigenvalue weighted by Gasteiger charge is 2.44. The highest BCUT2D eigenvalue weighted by atomic mass is 32.2. The number of anilines is 2. The Morgan fingerprint density at radius 2 is 2.07 bits per heavy atom. The van der Waals surface area contributed by atoms with Crippen LogP contribution in [0.25, 0.3) is 0 Å². The molecule has 3 aliphatic rings. The summed E-state index contributed by atoms with van der Waals surface area (Å²) in [6.45, 7) is 6.80. The molecule has 2 unspecified atom stereocenters. The van der Waals surface area contributed by atoms with Crippen molar-refractivity contribution in [2.45, 2.75) is 51.6 Å². The summed E-state index contributed by atoms with van der Waals surface area (Å²) in [5.74, 6) is 1.40. The van der Waals surface area contributed by atoms with Crippen LogP contribution in [-0.2, 0) is 27.3 Å². The molecule has 0 aromatic carbocycles. The van der Waals surface area contributed by atoms with Crippen LogP contribution in [0.1, 0.15) is 38.7 Å². The van der Waals surface area contributed by atoms with E-state index in [1.807, 2.05) is 29.2 Å². The number of fused-ring (bicyclic) bond motifs is 1. The van der Waals surface area contributed by atoms with Crippen LogP contribution >= 0.6 is 0 Å². The maximum Gasteiger partial charge on any atom is 0.234 e. The van der Waals surface area contributed by atoms with Crippen molar-refractivity contribution < 1.29 is 14.1 Å². The summed E-state index contributed by atoms with van der Waals surface area (Å²) in [7, 11) is 0. The normalized spacial score (nSPS) is 26.9. The number of hydrogen-bond donors (Lipinski definition) is 1. The molecule has 4 heterocycles. The van der Waals surface area contributed by atoms with Gasteiger partial charge in [0.1, 0.15) is 12.1 Å². The monoisotopic (exact) mass is 407 g/mol. The van der Waals surface area contributed by atoms with E-state index in [-0.39, 0.29) is 18.0 Å². The van der Waals surface area contributed by atoms with Crippen LogP contribution in [0.15, 0.2) is 6.20 Å². The first-order valence-corrected chi connectivity index (χ1v) is 11.5. The lowest BCUT2D eigenvalue weighted by molar-refractivity contribution is -0.127. The number of rotatable bonds is 4. The number of carbonyl (C=O) groups is 1. The highest BCUT2D eigenvalue weighted by molar-refractivity contribution is 7.88. The number of aromatic nitrogens is 2. The molecule has 154 valence electrons. The van der Waals surface area contributed by atoms with Crippen LogP contribution in [0.2, 0.25) is 0 Å². The standard InChI is InChI=1S/C19H29N5O3S/c1-19(2)10-13-11-20-18(21-14-4-7-23(8-5-14)28(3)26)22-16(13)24(17(19)25)15-6-9-27-12-15/h11,14-15H,4-10,12H2,1-3H3,(H,20,21,22). The average Bonchev–Trinajstić information content (AvgIpc) is 3.18. The fourth-order valence-corrected chi connectivity index (χ4v) is 5.00. The van der Waals surface area contributed by atoms with Gasteiger partial charge in [-0.05, 0) is 25.7 Å². The molecule has 28 heavy (non-hydrogen) atoms. The molecule has 0 bridgehead atoms. The van der Waals surface area contributed by atoms with Crippen molar-refractivity contribution in [1.82, 2.24) is 14.3 Å². The third kappa shape index (κ3) is 3.85. The Morgan fingerprint density at radius 3 is 2.71 bits per heavy atom. The third-order valence-electron chi connectivity index (χ3n) is 5.92. The van der Waals surface area contributed by atoms with Gasteiger partial charge >= 0.3 is 0 Å². The lowest BCUT2D eigenvalue weighted by Gasteiger charge is -2.40. The van der Waals surface area contributed by atoms with Crippen molar-refractivity contribution in [3.8, 4) is 0 Å². The summed E-state index contributed by atoms with van der Waals surface area (Å²) in [5.41, 5.74) is 0.550. The summed E-state index contributed by atoms with van der Waals surface area (Å²) in [4.78, 5) is 24.3. The molecule has 3 aliphatic heterocycles. The molecule has 1 amide bonds. The fourth-order valence-electron chi connectivity index (χ4n) is 4.28. The zero-order valence-electron chi connectivity index (χ0n) is 16.8. The van der Waals surface area contributed by atoms with E-state index >= 15 is 0 Å². The number of nitrogens with zero attached hydrogens (tertiary/aromatic N) is 4. The number of piperidine rings is 1. The Labute approximate surface area is 169 Å². The van der Waals surface area contributed by atoms with Gasteiger partial charge in [-0.3, -0.25) is 9.69 Å². The minimum absolute atomic E-state index is 0.0383. The quantitative estimate of drug-likeness (QED) is 0.753. The molecule has 2 fully saturated rings. The Morgan fingerprint density at radius 1 is 1.32 bits per heavy atom. The van der Waals surface area contributed by atoms with Crippen LogP contribution in [0.5, 0.6) is 0 Å². The van der Waals surface area contributed by atoms with E-state index < -0.39 is 16.8 Å². The van der Waals surface area contributed by atoms with Crippen LogP contribution in [0.4, 0.5) is 11.8 Å². The van der Waals surface area contributed by atoms with Crippen molar-refractivity contribution in [2.75, 3.05) is 42.8 Å². The summed E-state index contributed by atoms with van der Waals surface area (Å²) in [5, 5.41) is 3.42. The summed E-state index contributed by atoms with van der Waals surface area (Å²) >= 11 is -0.915. The summed E-state index contributed by atoms with van der Waals surface area (Å²) in [6.07, 6.45) is 6.85. The number of nitrogens with one attached hydrogen (secondary N) is 1. The van der Waals surface area contributed by atoms with Crippen molar-refractivity contribution in [1.29, 1.82) is 0 Å². The predicted octanol–water partition coefficient (Wildman–Crippen LogP) is 1.35. The third-order valence-corrected chi connectivity index (χ3v) is 7.01. The maximum atomic E-state index is 13.2. The smallest absolute Gasteiger partial charge is 0.234 e. The van der Waals surface area contributed by atoms with Gasteiger partial charge < -0.3 is 14.6 Å². The Kier molecular flexibility index (Phi) is 5.52. The van der Waals surface area contributed by atoms with Gasteiger partial charge in [-0.15, -0.1) is 4.31 Å².